The summed E-state index contributed by atoms with van der Waals surface area (Å²) in [4.78, 5) is 17.0. The minimum atomic E-state index is -0.271. The Balaban J connectivity index is 1.61. The highest BCUT2D eigenvalue weighted by molar-refractivity contribution is 5.99. The third-order valence-electron chi connectivity index (χ3n) is 4.58. The number of hydrogen-bond donors (Lipinski definition) is 1. The van der Waals surface area contributed by atoms with Crippen LogP contribution in [0.3, 0.4) is 0 Å². The first kappa shape index (κ1) is 17.8. The molecule has 2 aromatic heterocycles. The van der Waals surface area contributed by atoms with E-state index in [1.165, 1.54) is 0 Å². The predicted octanol–water partition coefficient (Wildman–Crippen LogP) is 4.90. The number of benzene rings is 2. The summed E-state index contributed by atoms with van der Waals surface area (Å²) in [6.45, 7) is 2.17. The number of aromatic nitrogens is 1. The number of fused-ring (bicyclic) bond motifs is 1. The van der Waals surface area contributed by atoms with Gasteiger partial charge in [-0.15, -0.1) is 0 Å². The van der Waals surface area contributed by atoms with Crippen molar-refractivity contribution >= 4 is 16.9 Å². The monoisotopic (exact) mass is 372 g/mol. The van der Waals surface area contributed by atoms with Crippen molar-refractivity contribution in [1.29, 1.82) is 0 Å². The molecule has 2 heterocycles. The van der Waals surface area contributed by atoms with E-state index in [1.807, 2.05) is 73.7 Å². The molecule has 0 spiro atoms. The normalized spacial score (nSPS) is 11.9. The molecule has 0 aliphatic carbocycles. The van der Waals surface area contributed by atoms with Gasteiger partial charge in [0.25, 0.3) is 5.91 Å². The quantitative estimate of drug-likeness (QED) is 0.523. The lowest BCUT2D eigenvalue weighted by atomic mass is 10.1. The topological polar surface area (TPSA) is 64.4 Å². The molecule has 2 aromatic carbocycles. The third-order valence-corrected chi connectivity index (χ3v) is 4.58. The average molecular weight is 372 g/mol. The van der Waals surface area contributed by atoms with Gasteiger partial charge in [-0.2, -0.15) is 0 Å². The Hall–Kier alpha value is -3.60. The van der Waals surface area contributed by atoms with Gasteiger partial charge in [-0.25, -0.2) is 0 Å². The molecule has 140 valence electrons. The summed E-state index contributed by atoms with van der Waals surface area (Å²) in [5, 5.41) is 3.87. The zero-order valence-electron chi connectivity index (χ0n) is 15.5. The van der Waals surface area contributed by atoms with Crippen LogP contribution in [-0.2, 0) is 6.61 Å². The lowest BCUT2D eigenvalue weighted by Gasteiger charge is -2.14. The fraction of sp³-hybridized carbons (Fsp3) is 0.130. The van der Waals surface area contributed by atoms with Gasteiger partial charge in [-0.05, 0) is 42.8 Å². The van der Waals surface area contributed by atoms with Crippen LogP contribution in [0.15, 0.2) is 83.5 Å². The van der Waals surface area contributed by atoms with Crippen molar-refractivity contribution in [3.8, 4) is 5.75 Å². The lowest BCUT2D eigenvalue weighted by molar-refractivity contribution is 0.0910. The number of para-hydroxylation sites is 2. The van der Waals surface area contributed by atoms with Crippen molar-refractivity contribution in [3.05, 3.63) is 96.0 Å². The molecule has 5 nitrogen and oxygen atoms in total. The lowest BCUT2D eigenvalue weighted by Crippen LogP contribution is -2.27. The molecule has 4 aromatic rings. The van der Waals surface area contributed by atoms with Gasteiger partial charge in [-0.1, -0.05) is 36.4 Å². The molecule has 4 rings (SSSR count). The average Bonchev–Trinajstić information content (AvgIpc) is 3.12. The van der Waals surface area contributed by atoms with E-state index in [0.717, 1.165) is 22.3 Å². The predicted molar refractivity (Wildman–Crippen MR) is 107 cm³/mol. The number of nitrogens with zero attached hydrogens (tertiary/aromatic N) is 1. The zero-order valence-corrected chi connectivity index (χ0v) is 15.5. The number of carbonyl (C=O) groups is 1. The molecular formula is C23H20N2O3. The number of nitrogens with one attached hydrogen (secondary N) is 1. The molecule has 1 amide bonds. The minimum absolute atomic E-state index is 0.174. The molecule has 0 fully saturated rings. The molecule has 1 atom stereocenters. The van der Waals surface area contributed by atoms with Crippen molar-refractivity contribution in [2.24, 2.45) is 0 Å². The number of carbonyl (C=O) groups excluding carboxylic acids is 1. The second-order valence-corrected chi connectivity index (χ2v) is 6.48. The van der Waals surface area contributed by atoms with Gasteiger partial charge < -0.3 is 14.5 Å². The van der Waals surface area contributed by atoms with Crippen LogP contribution in [0.25, 0.3) is 11.0 Å². The summed E-state index contributed by atoms with van der Waals surface area (Å²) in [7, 11) is 0. The van der Waals surface area contributed by atoms with E-state index in [-0.39, 0.29) is 24.3 Å². The standard InChI is InChI=1S/C23H20N2O3/c1-16(17-11-13-24-14-12-17)25-23(26)22-20(15-27-18-7-3-2-4-8-18)19-9-5-6-10-21(19)28-22/h2-14,16H,15H2,1H3,(H,25,26). The van der Waals surface area contributed by atoms with Crippen molar-refractivity contribution < 1.29 is 13.9 Å². The highest BCUT2D eigenvalue weighted by atomic mass is 16.5. The van der Waals surface area contributed by atoms with E-state index in [0.29, 0.717) is 5.58 Å². The first-order valence-electron chi connectivity index (χ1n) is 9.11. The van der Waals surface area contributed by atoms with E-state index in [4.69, 9.17) is 9.15 Å². The van der Waals surface area contributed by atoms with Crippen molar-refractivity contribution in [2.75, 3.05) is 0 Å². The Labute approximate surface area is 163 Å². The second-order valence-electron chi connectivity index (χ2n) is 6.48. The van der Waals surface area contributed by atoms with Gasteiger partial charge >= 0.3 is 0 Å². The van der Waals surface area contributed by atoms with E-state index in [1.54, 1.807) is 12.4 Å². The van der Waals surface area contributed by atoms with Gasteiger partial charge in [0.15, 0.2) is 5.76 Å². The molecule has 0 saturated heterocycles. The van der Waals surface area contributed by atoms with E-state index < -0.39 is 0 Å². The highest BCUT2D eigenvalue weighted by Gasteiger charge is 2.22. The van der Waals surface area contributed by atoms with E-state index >= 15 is 0 Å². The summed E-state index contributed by atoms with van der Waals surface area (Å²) in [5.41, 5.74) is 2.37. The van der Waals surface area contributed by atoms with Gasteiger partial charge in [0.2, 0.25) is 0 Å². The Bertz CT molecular complexity index is 1070. The first-order valence-corrected chi connectivity index (χ1v) is 9.11. The second kappa shape index (κ2) is 7.96. The number of rotatable bonds is 6. The minimum Gasteiger partial charge on any atom is -0.489 e. The summed E-state index contributed by atoms with van der Waals surface area (Å²) in [6.07, 6.45) is 3.41. The molecular weight excluding hydrogens is 352 g/mol. The first-order chi connectivity index (χ1) is 13.7. The summed E-state index contributed by atoms with van der Waals surface area (Å²) in [6, 6.07) is 20.7. The Morgan fingerprint density at radius 2 is 1.75 bits per heavy atom. The van der Waals surface area contributed by atoms with Crippen LogP contribution in [-0.4, -0.2) is 10.9 Å². The summed E-state index contributed by atoms with van der Waals surface area (Å²) >= 11 is 0. The number of amides is 1. The number of furan rings is 1. The van der Waals surface area contributed by atoms with Crippen molar-refractivity contribution in [2.45, 2.75) is 19.6 Å². The van der Waals surface area contributed by atoms with Gasteiger partial charge in [0.05, 0.1) is 6.04 Å². The zero-order chi connectivity index (χ0) is 19.3. The fourth-order valence-electron chi connectivity index (χ4n) is 3.10. The van der Waals surface area contributed by atoms with Crippen LogP contribution in [0.2, 0.25) is 0 Å². The van der Waals surface area contributed by atoms with E-state index in [9.17, 15) is 4.79 Å². The molecule has 1 unspecified atom stereocenters. The SMILES string of the molecule is CC(NC(=O)c1oc2ccccc2c1COc1ccccc1)c1ccncc1. The molecule has 0 saturated carbocycles. The van der Waals surface area contributed by atoms with E-state index in [2.05, 4.69) is 10.3 Å². The van der Waals surface area contributed by atoms with Crippen LogP contribution < -0.4 is 10.1 Å². The van der Waals surface area contributed by atoms with Crippen LogP contribution in [0.4, 0.5) is 0 Å². The Kier molecular flexibility index (Phi) is 5.06. The molecule has 5 heteroatoms. The third kappa shape index (κ3) is 3.74. The maximum atomic E-state index is 13.0. The Morgan fingerprint density at radius 3 is 2.54 bits per heavy atom. The number of pyridine rings is 1. The number of ether oxygens (including phenoxy) is 1. The molecule has 1 N–H and O–H groups in total. The van der Waals surface area contributed by atoms with Crippen LogP contribution >= 0.6 is 0 Å². The molecule has 0 aliphatic rings. The summed E-state index contributed by atoms with van der Waals surface area (Å²) < 4.78 is 11.8. The highest BCUT2D eigenvalue weighted by Crippen LogP contribution is 2.28. The smallest absolute Gasteiger partial charge is 0.287 e. The van der Waals surface area contributed by atoms with Gasteiger partial charge in [0, 0.05) is 23.3 Å². The van der Waals surface area contributed by atoms with Crippen LogP contribution in [0.5, 0.6) is 5.75 Å². The molecule has 0 aliphatic heterocycles. The van der Waals surface area contributed by atoms with Crippen LogP contribution in [0, 0.1) is 0 Å². The molecule has 28 heavy (non-hydrogen) atoms. The Morgan fingerprint density at radius 1 is 1.04 bits per heavy atom. The maximum absolute atomic E-state index is 13.0. The largest absolute Gasteiger partial charge is 0.489 e. The molecule has 0 radical (unpaired) electrons. The number of hydrogen-bond acceptors (Lipinski definition) is 4. The van der Waals surface area contributed by atoms with Crippen LogP contribution in [0.1, 0.15) is 34.6 Å². The van der Waals surface area contributed by atoms with Crippen molar-refractivity contribution in [1.82, 2.24) is 10.3 Å². The van der Waals surface area contributed by atoms with Gasteiger partial charge in [0.1, 0.15) is 17.9 Å². The van der Waals surface area contributed by atoms with Crippen molar-refractivity contribution in [3.63, 3.8) is 0 Å². The summed E-state index contributed by atoms with van der Waals surface area (Å²) in [5.74, 6) is 0.745. The molecule has 0 bridgehead atoms. The van der Waals surface area contributed by atoms with Gasteiger partial charge in [-0.3, -0.25) is 9.78 Å². The fourth-order valence-corrected chi connectivity index (χ4v) is 3.10. The maximum Gasteiger partial charge on any atom is 0.287 e.